The number of hydrogen-bond acceptors (Lipinski definition) is 6. The van der Waals surface area contributed by atoms with Crippen LogP contribution in [0, 0.1) is 0 Å². The molecular formula is C15H25N5O. The third-order valence-corrected chi connectivity index (χ3v) is 4.19. The topological polar surface area (TPSA) is 67.5 Å². The molecule has 0 saturated carbocycles. The number of ether oxygens (including phenoxy) is 1. The van der Waals surface area contributed by atoms with E-state index in [0.29, 0.717) is 5.95 Å². The summed E-state index contributed by atoms with van der Waals surface area (Å²) in [7, 11) is 4.15. The van der Waals surface area contributed by atoms with Crippen molar-refractivity contribution in [2.45, 2.75) is 31.8 Å². The average molecular weight is 291 g/mol. The molecule has 3 rings (SSSR count). The predicted molar refractivity (Wildman–Crippen MR) is 83.6 cm³/mol. The highest BCUT2D eigenvalue weighted by molar-refractivity contribution is 5.53. The van der Waals surface area contributed by atoms with Gasteiger partial charge in [0.1, 0.15) is 5.82 Å². The van der Waals surface area contributed by atoms with Gasteiger partial charge in [0.25, 0.3) is 0 Å². The summed E-state index contributed by atoms with van der Waals surface area (Å²) >= 11 is 0. The standard InChI is InChI=1S/C15H25N5O/c1-19(2)9-11-10-20(7-8-21-11)14-12-5-3-4-6-13(12)17-15(16)18-14/h11H,3-10H2,1-2H3,(H2,16,17,18). The molecule has 1 fully saturated rings. The molecule has 0 aromatic carbocycles. The lowest BCUT2D eigenvalue weighted by atomic mass is 9.96. The minimum absolute atomic E-state index is 0.226. The monoisotopic (exact) mass is 291 g/mol. The van der Waals surface area contributed by atoms with Gasteiger partial charge in [-0.25, -0.2) is 4.98 Å². The third kappa shape index (κ3) is 3.27. The fourth-order valence-electron chi connectivity index (χ4n) is 3.28. The molecule has 1 atom stereocenters. The van der Waals surface area contributed by atoms with Gasteiger partial charge in [0.05, 0.1) is 18.4 Å². The molecule has 6 heteroatoms. The van der Waals surface area contributed by atoms with Gasteiger partial charge in [-0.05, 0) is 39.8 Å². The van der Waals surface area contributed by atoms with Crippen LogP contribution in [-0.4, -0.2) is 61.3 Å². The van der Waals surface area contributed by atoms with E-state index < -0.39 is 0 Å². The van der Waals surface area contributed by atoms with Crippen LogP contribution in [0.5, 0.6) is 0 Å². The number of nitrogens with zero attached hydrogens (tertiary/aromatic N) is 4. The van der Waals surface area contributed by atoms with Crippen LogP contribution in [0.15, 0.2) is 0 Å². The first kappa shape index (κ1) is 14.5. The molecule has 1 aliphatic carbocycles. The number of fused-ring (bicyclic) bond motifs is 1. The molecule has 116 valence electrons. The first-order chi connectivity index (χ1) is 10.1. The fraction of sp³-hybridized carbons (Fsp3) is 0.733. The second kappa shape index (κ2) is 6.15. The van der Waals surface area contributed by atoms with Gasteiger partial charge in [-0.3, -0.25) is 0 Å². The highest BCUT2D eigenvalue weighted by Gasteiger charge is 2.26. The second-order valence-corrected chi connectivity index (χ2v) is 6.24. The summed E-state index contributed by atoms with van der Waals surface area (Å²) in [5, 5.41) is 0. The Hall–Kier alpha value is -1.40. The molecule has 1 aromatic rings. The zero-order valence-corrected chi connectivity index (χ0v) is 13.0. The molecule has 0 radical (unpaired) electrons. The van der Waals surface area contributed by atoms with E-state index in [1.165, 1.54) is 18.4 Å². The molecule has 21 heavy (non-hydrogen) atoms. The van der Waals surface area contributed by atoms with Crippen molar-refractivity contribution in [1.82, 2.24) is 14.9 Å². The van der Waals surface area contributed by atoms with Gasteiger partial charge < -0.3 is 20.3 Å². The number of morpholine rings is 1. The lowest BCUT2D eigenvalue weighted by molar-refractivity contribution is 0.0245. The van der Waals surface area contributed by atoms with Crippen molar-refractivity contribution in [3.8, 4) is 0 Å². The smallest absolute Gasteiger partial charge is 0.222 e. The Morgan fingerprint density at radius 2 is 2.10 bits per heavy atom. The Labute approximate surface area is 126 Å². The Balaban J connectivity index is 1.84. The molecule has 0 amide bonds. The van der Waals surface area contributed by atoms with Crippen molar-refractivity contribution in [2.24, 2.45) is 0 Å². The molecule has 1 aliphatic heterocycles. The van der Waals surface area contributed by atoms with E-state index in [9.17, 15) is 0 Å². The Morgan fingerprint density at radius 3 is 2.90 bits per heavy atom. The van der Waals surface area contributed by atoms with Crippen LogP contribution < -0.4 is 10.6 Å². The number of nitrogen functional groups attached to an aromatic ring is 1. The molecule has 2 heterocycles. The fourth-order valence-corrected chi connectivity index (χ4v) is 3.28. The summed E-state index contributed by atoms with van der Waals surface area (Å²) < 4.78 is 5.86. The molecule has 2 aliphatic rings. The van der Waals surface area contributed by atoms with E-state index in [1.54, 1.807) is 0 Å². The maximum absolute atomic E-state index is 5.92. The van der Waals surface area contributed by atoms with Crippen molar-refractivity contribution in [1.29, 1.82) is 0 Å². The van der Waals surface area contributed by atoms with Gasteiger partial charge in [-0.15, -0.1) is 0 Å². The summed E-state index contributed by atoms with van der Waals surface area (Å²) in [5.74, 6) is 1.45. The lowest BCUT2D eigenvalue weighted by Crippen LogP contribution is -2.47. The molecule has 1 unspecified atom stereocenters. The van der Waals surface area contributed by atoms with E-state index in [2.05, 4.69) is 33.9 Å². The third-order valence-electron chi connectivity index (χ3n) is 4.19. The molecule has 6 nitrogen and oxygen atoms in total. The number of likely N-dealkylation sites (N-methyl/N-ethyl adjacent to an activating group) is 1. The van der Waals surface area contributed by atoms with Crippen LogP contribution in [0.1, 0.15) is 24.1 Å². The van der Waals surface area contributed by atoms with Crippen molar-refractivity contribution < 1.29 is 4.74 Å². The Bertz CT molecular complexity index is 505. The van der Waals surface area contributed by atoms with E-state index in [1.807, 2.05) is 0 Å². The zero-order chi connectivity index (χ0) is 14.8. The first-order valence-electron chi connectivity index (χ1n) is 7.80. The Kier molecular flexibility index (Phi) is 4.26. The molecule has 0 spiro atoms. The summed E-state index contributed by atoms with van der Waals surface area (Å²) in [4.78, 5) is 13.5. The van der Waals surface area contributed by atoms with Crippen LogP contribution in [0.3, 0.4) is 0 Å². The molecular weight excluding hydrogens is 266 g/mol. The largest absolute Gasteiger partial charge is 0.373 e. The minimum atomic E-state index is 0.226. The van der Waals surface area contributed by atoms with Crippen molar-refractivity contribution in [3.63, 3.8) is 0 Å². The van der Waals surface area contributed by atoms with Crippen LogP contribution in [0.25, 0.3) is 0 Å². The summed E-state index contributed by atoms with van der Waals surface area (Å²) in [6, 6.07) is 0. The molecule has 2 N–H and O–H groups in total. The summed E-state index contributed by atoms with van der Waals surface area (Å²) in [5.41, 5.74) is 8.38. The van der Waals surface area contributed by atoms with E-state index in [0.717, 1.165) is 50.6 Å². The van der Waals surface area contributed by atoms with Crippen LogP contribution in [0.2, 0.25) is 0 Å². The second-order valence-electron chi connectivity index (χ2n) is 6.24. The molecule has 0 bridgehead atoms. The Morgan fingerprint density at radius 1 is 1.29 bits per heavy atom. The summed E-state index contributed by atoms with van der Waals surface area (Å²) in [6.45, 7) is 3.43. The quantitative estimate of drug-likeness (QED) is 0.884. The summed E-state index contributed by atoms with van der Waals surface area (Å²) in [6.07, 6.45) is 4.75. The van der Waals surface area contributed by atoms with Gasteiger partial charge in [0.15, 0.2) is 0 Å². The van der Waals surface area contributed by atoms with Crippen LogP contribution in [0.4, 0.5) is 11.8 Å². The molecule has 1 aromatic heterocycles. The maximum Gasteiger partial charge on any atom is 0.222 e. The maximum atomic E-state index is 5.92. The average Bonchev–Trinajstić information content (AvgIpc) is 2.46. The number of aromatic nitrogens is 2. The number of rotatable bonds is 3. The lowest BCUT2D eigenvalue weighted by Gasteiger charge is -2.36. The van der Waals surface area contributed by atoms with E-state index in [-0.39, 0.29) is 6.10 Å². The number of hydrogen-bond donors (Lipinski definition) is 1. The normalized spacial score (nSPS) is 22.4. The van der Waals surface area contributed by atoms with Crippen LogP contribution >= 0.6 is 0 Å². The highest BCUT2D eigenvalue weighted by atomic mass is 16.5. The van der Waals surface area contributed by atoms with Gasteiger partial charge in [0, 0.05) is 25.2 Å². The van der Waals surface area contributed by atoms with Gasteiger partial charge in [0.2, 0.25) is 5.95 Å². The predicted octanol–water partition coefficient (Wildman–Crippen LogP) is 0.704. The van der Waals surface area contributed by atoms with E-state index >= 15 is 0 Å². The van der Waals surface area contributed by atoms with Crippen LogP contribution in [-0.2, 0) is 17.6 Å². The van der Waals surface area contributed by atoms with Crippen molar-refractivity contribution in [2.75, 3.05) is 51.0 Å². The van der Waals surface area contributed by atoms with Crippen molar-refractivity contribution >= 4 is 11.8 Å². The van der Waals surface area contributed by atoms with Crippen molar-refractivity contribution in [3.05, 3.63) is 11.3 Å². The van der Waals surface area contributed by atoms with Gasteiger partial charge in [-0.1, -0.05) is 0 Å². The SMILES string of the molecule is CN(C)CC1CN(c2nc(N)nc3c2CCCC3)CCO1. The highest BCUT2D eigenvalue weighted by Crippen LogP contribution is 2.29. The van der Waals surface area contributed by atoms with Gasteiger partial charge in [-0.2, -0.15) is 4.98 Å². The number of anilines is 2. The number of aryl methyl sites for hydroxylation is 1. The van der Waals surface area contributed by atoms with E-state index in [4.69, 9.17) is 10.5 Å². The molecule has 1 saturated heterocycles. The number of nitrogens with two attached hydrogens (primary N) is 1. The minimum Gasteiger partial charge on any atom is -0.373 e. The van der Waals surface area contributed by atoms with Gasteiger partial charge >= 0.3 is 0 Å². The first-order valence-corrected chi connectivity index (χ1v) is 7.80. The zero-order valence-electron chi connectivity index (χ0n) is 13.0.